The summed E-state index contributed by atoms with van der Waals surface area (Å²) in [6, 6.07) is 7.25. The smallest absolute Gasteiger partial charge is 0.314 e. The van der Waals surface area contributed by atoms with Crippen molar-refractivity contribution in [1.82, 2.24) is 10.2 Å². The molecule has 2 rings (SSSR count). The molecule has 1 fully saturated rings. The SMILES string of the molecule is CC(C)(C)c1cccc(OCC(=O)NC2CN(C(N)=O)C2)c1. The first kappa shape index (κ1) is 16.1. The Morgan fingerprint density at radius 3 is 2.64 bits per heavy atom. The number of primary amides is 1. The third kappa shape index (κ3) is 4.13. The molecular weight excluding hydrogens is 282 g/mol. The van der Waals surface area contributed by atoms with E-state index in [1.165, 1.54) is 4.90 Å². The second kappa shape index (κ2) is 6.25. The molecule has 0 bridgehead atoms. The standard InChI is InChI=1S/C16H23N3O3/c1-16(2,3)11-5-4-6-13(7-11)22-10-14(20)18-12-8-19(9-12)15(17)21/h4-7,12H,8-10H2,1-3H3,(H2,17,21)(H,18,20). The van der Waals surface area contributed by atoms with E-state index < -0.39 is 6.03 Å². The number of likely N-dealkylation sites (tertiary alicyclic amines) is 1. The Morgan fingerprint density at radius 2 is 2.05 bits per heavy atom. The van der Waals surface area contributed by atoms with Gasteiger partial charge in [0.05, 0.1) is 6.04 Å². The number of carbonyl (C=O) groups excluding carboxylic acids is 2. The number of urea groups is 1. The van der Waals surface area contributed by atoms with Gasteiger partial charge in [0, 0.05) is 13.1 Å². The molecule has 0 radical (unpaired) electrons. The maximum Gasteiger partial charge on any atom is 0.314 e. The van der Waals surface area contributed by atoms with Crippen LogP contribution in [0.15, 0.2) is 24.3 Å². The molecular formula is C16H23N3O3. The summed E-state index contributed by atoms with van der Waals surface area (Å²) < 4.78 is 5.53. The Balaban J connectivity index is 1.79. The van der Waals surface area contributed by atoms with Gasteiger partial charge in [0.1, 0.15) is 5.75 Å². The van der Waals surface area contributed by atoms with Crippen LogP contribution in [0.3, 0.4) is 0 Å². The van der Waals surface area contributed by atoms with E-state index in [0.29, 0.717) is 18.8 Å². The van der Waals surface area contributed by atoms with Gasteiger partial charge in [0.15, 0.2) is 6.61 Å². The van der Waals surface area contributed by atoms with Gasteiger partial charge in [-0.05, 0) is 23.1 Å². The van der Waals surface area contributed by atoms with Gasteiger partial charge in [-0.3, -0.25) is 4.79 Å². The number of nitrogens with one attached hydrogen (secondary N) is 1. The maximum atomic E-state index is 11.8. The molecule has 0 saturated carbocycles. The van der Waals surface area contributed by atoms with Gasteiger partial charge in [-0.2, -0.15) is 0 Å². The third-order valence-electron chi connectivity index (χ3n) is 3.63. The lowest BCUT2D eigenvalue weighted by molar-refractivity contribution is -0.124. The Kier molecular flexibility index (Phi) is 4.59. The van der Waals surface area contributed by atoms with Crippen molar-refractivity contribution in [3.8, 4) is 5.75 Å². The average molecular weight is 305 g/mol. The van der Waals surface area contributed by atoms with Crippen molar-refractivity contribution < 1.29 is 14.3 Å². The van der Waals surface area contributed by atoms with E-state index in [1.54, 1.807) is 0 Å². The zero-order chi connectivity index (χ0) is 16.3. The second-order valence-corrected chi connectivity index (χ2v) is 6.57. The molecule has 120 valence electrons. The van der Waals surface area contributed by atoms with E-state index in [9.17, 15) is 9.59 Å². The highest BCUT2D eigenvalue weighted by Crippen LogP contribution is 2.25. The van der Waals surface area contributed by atoms with E-state index in [2.05, 4.69) is 26.1 Å². The summed E-state index contributed by atoms with van der Waals surface area (Å²) in [6.45, 7) is 7.25. The largest absolute Gasteiger partial charge is 0.484 e. The molecule has 0 aromatic heterocycles. The van der Waals surface area contributed by atoms with Gasteiger partial charge in [0.25, 0.3) is 5.91 Å². The fourth-order valence-corrected chi connectivity index (χ4v) is 2.22. The summed E-state index contributed by atoms with van der Waals surface area (Å²) in [5.41, 5.74) is 6.31. The first-order valence-corrected chi connectivity index (χ1v) is 7.33. The Labute approximate surface area is 130 Å². The minimum Gasteiger partial charge on any atom is -0.484 e. The molecule has 0 unspecified atom stereocenters. The molecule has 1 aliphatic heterocycles. The number of amides is 3. The van der Waals surface area contributed by atoms with Crippen LogP contribution in [0.4, 0.5) is 4.79 Å². The van der Waals surface area contributed by atoms with Crippen LogP contribution in [0.1, 0.15) is 26.3 Å². The van der Waals surface area contributed by atoms with Crippen LogP contribution in [0.5, 0.6) is 5.75 Å². The summed E-state index contributed by atoms with van der Waals surface area (Å²) in [5.74, 6) is 0.477. The van der Waals surface area contributed by atoms with Gasteiger partial charge in [-0.25, -0.2) is 4.79 Å². The van der Waals surface area contributed by atoms with Crippen molar-refractivity contribution >= 4 is 11.9 Å². The molecule has 22 heavy (non-hydrogen) atoms. The quantitative estimate of drug-likeness (QED) is 0.877. The number of rotatable bonds is 4. The van der Waals surface area contributed by atoms with Gasteiger partial charge in [-0.15, -0.1) is 0 Å². The Hall–Kier alpha value is -2.24. The zero-order valence-corrected chi connectivity index (χ0v) is 13.3. The number of carbonyl (C=O) groups is 2. The van der Waals surface area contributed by atoms with Crippen LogP contribution >= 0.6 is 0 Å². The van der Waals surface area contributed by atoms with E-state index in [0.717, 1.165) is 5.56 Å². The van der Waals surface area contributed by atoms with Crippen molar-refractivity contribution in [3.63, 3.8) is 0 Å². The summed E-state index contributed by atoms with van der Waals surface area (Å²) in [4.78, 5) is 24.1. The molecule has 1 aromatic carbocycles. The first-order valence-electron chi connectivity index (χ1n) is 7.33. The van der Waals surface area contributed by atoms with Crippen LogP contribution in [-0.2, 0) is 10.2 Å². The number of nitrogens with zero attached hydrogens (tertiary/aromatic N) is 1. The lowest BCUT2D eigenvalue weighted by Gasteiger charge is -2.38. The molecule has 6 nitrogen and oxygen atoms in total. The molecule has 1 heterocycles. The molecule has 1 saturated heterocycles. The predicted octanol–water partition coefficient (Wildman–Crippen LogP) is 1.24. The zero-order valence-electron chi connectivity index (χ0n) is 13.3. The highest BCUT2D eigenvalue weighted by Gasteiger charge is 2.30. The third-order valence-corrected chi connectivity index (χ3v) is 3.63. The molecule has 3 amide bonds. The van der Waals surface area contributed by atoms with E-state index >= 15 is 0 Å². The number of ether oxygens (including phenoxy) is 1. The summed E-state index contributed by atoms with van der Waals surface area (Å²) in [7, 11) is 0. The van der Waals surface area contributed by atoms with Crippen LogP contribution in [-0.4, -0.2) is 42.6 Å². The molecule has 1 aliphatic rings. The summed E-state index contributed by atoms with van der Waals surface area (Å²) >= 11 is 0. The number of benzene rings is 1. The molecule has 0 spiro atoms. The van der Waals surface area contributed by atoms with Crippen molar-refractivity contribution in [2.75, 3.05) is 19.7 Å². The van der Waals surface area contributed by atoms with Gasteiger partial charge >= 0.3 is 6.03 Å². The number of nitrogens with two attached hydrogens (primary N) is 1. The van der Waals surface area contributed by atoms with Crippen LogP contribution in [0, 0.1) is 0 Å². The number of hydrogen-bond donors (Lipinski definition) is 2. The van der Waals surface area contributed by atoms with Crippen molar-refractivity contribution in [2.45, 2.75) is 32.2 Å². The highest BCUT2D eigenvalue weighted by molar-refractivity contribution is 5.79. The van der Waals surface area contributed by atoms with Gasteiger partial charge in [-0.1, -0.05) is 32.9 Å². The van der Waals surface area contributed by atoms with Crippen LogP contribution < -0.4 is 15.8 Å². The van der Waals surface area contributed by atoms with Crippen molar-refractivity contribution in [2.24, 2.45) is 5.73 Å². The molecule has 0 aliphatic carbocycles. The minimum atomic E-state index is -0.458. The summed E-state index contributed by atoms with van der Waals surface area (Å²) in [5, 5.41) is 2.80. The van der Waals surface area contributed by atoms with Crippen molar-refractivity contribution in [1.29, 1.82) is 0 Å². The maximum absolute atomic E-state index is 11.8. The van der Waals surface area contributed by atoms with Crippen molar-refractivity contribution in [3.05, 3.63) is 29.8 Å². The van der Waals surface area contributed by atoms with E-state index in [-0.39, 0.29) is 24.0 Å². The van der Waals surface area contributed by atoms with E-state index in [4.69, 9.17) is 10.5 Å². The number of hydrogen-bond acceptors (Lipinski definition) is 3. The lowest BCUT2D eigenvalue weighted by atomic mass is 9.87. The normalized spacial score (nSPS) is 15.1. The topological polar surface area (TPSA) is 84.7 Å². The molecule has 1 aromatic rings. The highest BCUT2D eigenvalue weighted by atomic mass is 16.5. The minimum absolute atomic E-state index is 0.0335. The monoisotopic (exact) mass is 305 g/mol. The lowest BCUT2D eigenvalue weighted by Crippen LogP contribution is -2.62. The summed E-state index contributed by atoms with van der Waals surface area (Å²) in [6.07, 6.45) is 0. The molecule has 0 atom stereocenters. The average Bonchev–Trinajstić information content (AvgIpc) is 2.39. The van der Waals surface area contributed by atoms with Crippen LogP contribution in [0.25, 0.3) is 0 Å². The van der Waals surface area contributed by atoms with Gasteiger partial charge in [0.2, 0.25) is 0 Å². The van der Waals surface area contributed by atoms with Crippen LogP contribution in [0.2, 0.25) is 0 Å². The Morgan fingerprint density at radius 1 is 1.36 bits per heavy atom. The molecule has 3 N–H and O–H groups in total. The fraction of sp³-hybridized carbons (Fsp3) is 0.500. The Bertz CT molecular complexity index is 560. The second-order valence-electron chi connectivity index (χ2n) is 6.57. The molecule has 6 heteroatoms. The fourth-order valence-electron chi connectivity index (χ4n) is 2.22. The predicted molar refractivity (Wildman–Crippen MR) is 83.7 cm³/mol. The first-order chi connectivity index (χ1) is 10.3. The van der Waals surface area contributed by atoms with Gasteiger partial charge < -0.3 is 20.7 Å². The van der Waals surface area contributed by atoms with E-state index in [1.807, 2.05) is 24.3 Å².